The van der Waals surface area contributed by atoms with E-state index in [1.54, 1.807) is 6.92 Å². The molecule has 0 unspecified atom stereocenters. The summed E-state index contributed by atoms with van der Waals surface area (Å²) in [5, 5.41) is 0. The first-order chi connectivity index (χ1) is 8.59. The van der Waals surface area contributed by atoms with Crippen molar-refractivity contribution in [3.05, 3.63) is 48.0 Å². The van der Waals surface area contributed by atoms with Gasteiger partial charge in [-0.3, -0.25) is 4.79 Å². The normalized spacial score (nSPS) is 9.83. The Morgan fingerprint density at radius 3 is 2.50 bits per heavy atom. The van der Waals surface area contributed by atoms with Gasteiger partial charge in [-0.05, 0) is 18.9 Å². The highest BCUT2D eigenvalue weighted by molar-refractivity contribution is 5.87. The Labute approximate surface area is 107 Å². The monoisotopic (exact) mass is 246 g/mol. The van der Waals surface area contributed by atoms with Gasteiger partial charge < -0.3 is 4.74 Å². The zero-order chi connectivity index (χ0) is 13.4. The van der Waals surface area contributed by atoms with E-state index in [9.17, 15) is 9.59 Å². The largest absolute Gasteiger partial charge is 0.462 e. The van der Waals surface area contributed by atoms with E-state index in [0.29, 0.717) is 24.8 Å². The molecule has 0 atom stereocenters. The Balaban J connectivity index is 2.18. The van der Waals surface area contributed by atoms with Gasteiger partial charge in [0.25, 0.3) is 0 Å². The molecular weight excluding hydrogens is 228 g/mol. The molecule has 1 rings (SSSR count). The zero-order valence-corrected chi connectivity index (χ0v) is 10.6. The molecule has 0 radical (unpaired) electrons. The number of esters is 1. The maximum atomic E-state index is 11.6. The number of hydrogen-bond acceptors (Lipinski definition) is 3. The van der Waals surface area contributed by atoms with Crippen LogP contribution in [-0.4, -0.2) is 18.4 Å². The SMILES string of the molecule is C=C(C)C(=O)OCCCC(=O)Cc1ccccc1. The summed E-state index contributed by atoms with van der Waals surface area (Å²) in [5.74, 6) is -0.238. The fraction of sp³-hybridized carbons (Fsp3) is 0.333. The Hall–Kier alpha value is -1.90. The smallest absolute Gasteiger partial charge is 0.333 e. The Kier molecular flexibility index (Phi) is 5.85. The van der Waals surface area contributed by atoms with Gasteiger partial charge >= 0.3 is 5.97 Å². The molecule has 0 heterocycles. The molecule has 0 saturated heterocycles. The van der Waals surface area contributed by atoms with E-state index in [-0.39, 0.29) is 12.4 Å². The number of hydrogen-bond donors (Lipinski definition) is 0. The highest BCUT2D eigenvalue weighted by Gasteiger charge is 2.05. The van der Waals surface area contributed by atoms with E-state index in [2.05, 4.69) is 6.58 Å². The maximum Gasteiger partial charge on any atom is 0.333 e. The van der Waals surface area contributed by atoms with Gasteiger partial charge in [-0.25, -0.2) is 4.79 Å². The Morgan fingerprint density at radius 2 is 1.89 bits per heavy atom. The first-order valence-corrected chi connectivity index (χ1v) is 5.98. The van der Waals surface area contributed by atoms with Crippen LogP contribution in [0.4, 0.5) is 0 Å². The van der Waals surface area contributed by atoms with Crippen LogP contribution >= 0.6 is 0 Å². The van der Waals surface area contributed by atoms with E-state index in [4.69, 9.17) is 4.74 Å². The molecule has 18 heavy (non-hydrogen) atoms. The summed E-state index contributed by atoms with van der Waals surface area (Å²) in [5.41, 5.74) is 1.40. The number of Topliss-reactive ketones (excluding diaryl/α,β-unsaturated/α-hetero) is 1. The predicted molar refractivity (Wildman–Crippen MR) is 70.2 cm³/mol. The van der Waals surface area contributed by atoms with Crippen LogP contribution in [0, 0.1) is 0 Å². The summed E-state index contributed by atoms with van der Waals surface area (Å²) < 4.78 is 4.91. The molecule has 0 aliphatic carbocycles. The quantitative estimate of drug-likeness (QED) is 0.422. The number of benzene rings is 1. The first-order valence-electron chi connectivity index (χ1n) is 5.98. The van der Waals surface area contributed by atoms with Crippen molar-refractivity contribution in [2.45, 2.75) is 26.2 Å². The molecule has 0 saturated carbocycles. The van der Waals surface area contributed by atoms with Crippen LogP contribution in [-0.2, 0) is 20.7 Å². The van der Waals surface area contributed by atoms with Crippen LogP contribution in [0.15, 0.2) is 42.5 Å². The molecule has 1 aromatic carbocycles. The Bertz CT molecular complexity index is 421. The Morgan fingerprint density at radius 1 is 1.22 bits per heavy atom. The third kappa shape index (κ3) is 5.43. The van der Waals surface area contributed by atoms with Crippen molar-refractivity contribution in [3.8, 4) is 0 Å². The predicted octanol–water partition coefficient (Wildman–Crippen LogP) is 2.70. The highest BCUT2D eigenvalue weighted by Crippen LogP contribution is 2.04. The molecule has 0 fully saturated rings. The van der Waals surface area contributed by atoms with Crippen molar-refractivity contribution in [2.24, 2.45) is 0 Å². The topological polar surface area (TPSA) is 43.4 Å². The van der Waals surface area contributed by atoms with E-state index in [0.717, 1.165) is 5.56 Å². The standard InChI is InChI=1S/C15H18O3/c1-12(2)15(17)18-10-6-9-14(16)11-13-7-4-3-5-8-13/h3-5,7-8H,1,6,9-11H2,2H3. The summed E-state index contributed by atoms with van der Waals surface area (Å²) in [4.78, 5) is 22.7. The lowest BCUT2D eigenvalue weighted by Gasteiger charge is -2.04. The minimum Gasteiger partial charge on any atom is -0.462 e. The van der Waals surface area contributed by atoms with Gasteiger partial charge in [-0.2, -0.15) is 0 Å². The third-order valence-corrected chi connectivity index (χ3v) is 2.43. The number of carbonyl (C=O) groups is 2. The summed E-state index contributed by atoms with van der Waals surface area (Å²) in [6.07, 6.45) is 1.43. The molecule has 3 nitrogen and oxygen atoms in total. The minimum atomic E-state index is -0.398. The minimum absolute atomic E-state index is 0.160. The van der Waals surface area contributed by atoms with Crippen molar-refractivity contribution in [2.75, 3.05) is 6.61 Å². The fourth-order valence-corrected chi connectivity index (χ4v) is 1.47. The van der Waals surface area contributed by atoms with Crippen molar-refractivity contribution in [3.63, 3.8) is 0 Å². The van der Waals surface area contributed by atoms with Gasteiger partial charge in [0.05, 0.1) is 6.61 Å². The fourth-order valence-electron chi connectivity index (χ4n) is 1.47. The van der Waals surface area contributed by atoms with Crippen LogP contribution in [0.2, 0.25) is 0 Å². The third-order valence-electron chi connectivity index (χ3n) is 2.43. The van der Waals surface area contributed by atoms with E-state index in [1.165, 1.54) is 0 Å². The van der Waals surface area contributed by atoms with E-state index in [1.807, 2.05) is 30.3 Å². The zero-order valence-electron chi connectivity index (χ0n) is 10.6. The van der Waals surface area contributed by atoms with Crippen LogP contribution in [0.3, 0.4) is 0 Å². The van der Waals surface area contributed by atoms with Crippen LogP contribution in [0.25, 0.3) is 0 Å². The van der Waals surface area contributed by atoms with Crippen LogP contribution < -0.4 is 0 Å². The summed E-state index contributed by atoms with van der Waals surface area (Å²) >= 11 is 0. The molecule has 0 aliphatic heterocycles. The van der Waals surface area contributed by atoms with Crippen molar-refractivity contribution >= 4 is 11.8 Å². The molecule has 0 aromatic heterocycles. The number of ketones is 1. The van der Waals surface area contributed by atoms with Gasteiger partial charge in [0.1, 0.15) is 5.78 Å². The molecule has 96 valence electrons. The van der Waals surface area contributed by atoms with Crippen molar-refractivity contribution in [1.82, 2.24) is 0 Å². The molecule has 1 aromatic rings. The highest BCUT2D eigenvalue weighted by atomic mass is 16.5. The van der Waals surface area contributed by atoms with Gasteiger partial charge in [0.15, 0.2) is 0 Å². The molecule has 0 spiro atoms. The van der Waals surface area contributed by atoms with Crippen LogP contribution in [0.1, 0.15) is 25.3 Å². The van der Waals surface area contributed by atoms with Crippen LogP contribution in [0.5, 0.6) is 0 Å². The lowest BCUT2D eigenvalue weighted by atomic mass is 10.1. The molecule has 0 N–H and O–H groups in total. The van der Waals surface area contributed by atoms with Gasteiger partial charge in [0, 0.05) is 18.4 Å². The van der Waals surface area contributed by atoms with Gasteiger partial charge in [-0.1, -0.05) is 36.9 Å². The molecule has 3 heteroatoms. The lowest BCUT2D eigenvalue weighted by molar-refractivity contribution is -0.139. The molecular formula is C15H18O3. The average Bonchev–Trinajstić information content (AvgIpc) is 2.35. The van der Waals surface area contributed by atoms with Crippen molar-refractivity contribution in [1.29, 1.82) is 0 Å². The molecule has 0 amide bonds. The number of ether oxygens (including phenoxy) is 1. The second-order valence-electron chi connectivity index (χ2n) is 4.22. The van der Waals surface area contributed by atoms with E-state index < -0.39 is 5.97 Å². The van der Waals surface area contributed by atoms with Gasteiger partial charge in [-0.15, -0.1) is 0 Å². The first kappa shape index (κ1) is 14.2. The van der Waals surface area contributed by atoms with Crippen molar-refractivity contribution < 1.29 is 14.3 Å². The summed E-state index contributed by atoms with van der Waals surface area (Å²) in [7, 11) is 0. The lowest BCUT2D eigenvalue weighted by Crippen LogP contribution is -2.09. The second-order valence-corrected chi connectivity index (χ2v) is 4.22. The summed E-state index contributed by atoms with van der Waals surface area (Å²) in [6.45, 7) is 5.35. The summed E-state index contributed by atoms with van der Waals surface area (Å²) in [6, 6.07) is 9.61. The number of rotatable bonds is 7. The second kappa shape index (κ2) is 7.43. The molecule has 0 aliphatic rings. The maximum absolute atomic E-state index is 11.6. The molecule has 0 bridgehead atoms. The van der Waals surface area contributed by atoms with E-state index >= 15 is 0 Å². The average molecular weight is 246 g/mol. The van der Waals surface area contributed by atoms with Gasteiger partial charge in [0.2, 0.25) is 0 Å². The number of carbonyl (C=O) groups excluding carboxylic acids is 2.